The third-order valence-electron chi connectivity index (χ3n) is 5.90. The number of rotatable bonds is 13. The van der Waals surface area contributed by atoms with E-state index in [0.29, 0.717) is 6.42 Å². The fourth-order valence-corrected chi connectivity index (χ4v) is 5.35. The second-order valence-electron chi connectivity index (χ2n) is 9.92. The number of anilines is 1. The van der Waals surface area contributed by atoms with Crippen LogP contribution >= 0.6 is 7.75 Å². The average molecular weight is 615 g/mol. The van der Waals surface area contributed by atoms with Crippen LogP contribution in [0, 0.1) is 0 Å². The minimum Gasteiger partial charge on any atom is -0.462 e. The molecule has 1 aliphatic heterocycles. The minimum absolute atomic E-state index is 0.133. The Morgan fingerprint density at radius 2 is 1.93 bits per heavy atom. The van der Waals surface area contributed by atoms with Gasteiger partial charge in [0.05, 0.1) is 19.3 Å². The molecule has 0 bridgehead atoms. The first-order valence-corrected chi connectivity index (χ1v) is 14.8. The van der Waals surface area contributed by atoms with Crippen molar-refractivity contribution in [2.75, 3.05) is 18.5 Å². The van der Waals surface area contributed by atoms with E-state index in [9.17, 15) is 24.1 Å². The Hall–Kier alpha value is -3.36. The van der Waals surface area contributed by atoms with Crippen molar-refractivity contribution in [1.82, 2.24) is 14.6 Å². The van der Waals surface area contributed by atoms with E-state index in [2.05, 4.69) is 15.4 Å². The first kappa shape index (κ1) is 33.1. The molecular weight excluding hydrogens is 578 g/mol. The van der Waals surface area contributed by atoms with Crippen LogP contribution in [-0.2, 0) is 28.1 Å². The molecule has 1 aromatic carbocycles. The second-order valence-corrected chi connectivity index (χ2v) is 11.6. The Morgan fingerprint density at radius 3 is 2.55 bits per heavy atom. The Kier molecular flexibility index (Phi) is 11.2. The highest BCUT2D eigenvalue weighted by atomic mass is 31.2. The van der Waals surface area contributed by atoms with Crippen molar-refractivity contribution in [3.8, 4) is 5.75 Å². The van der Waals surface area contributed by atoms with Crippen LogP contribution in [0.25, 0.3) is 0 Å². The molecule has 2 heterocycles. The molecule has 14 nitrogen and oxygen atoms in total. The van der Waals surface area contributed by atoms with Crippen LogP contribution in [0.15, 0.2) is 47.4 Å². The SMILES string of the molecule is CCCOC(=O)Nc1ccn([C@@H]2O[C@H](CO[P@@](=O)(N[C@@H](C)C(=O)OC(C)C)Oc3ccccc3)[C@@H](O)[C@@]2(C)F)c(=O)n1. The Morgan fingerprint density at radius 1 is 1.24 bits per heavy atom. The van der Waals surface area contributed by atoms with Gasteiger partial charge in [-0.3, -0.25) is 19.2 Å². The molecule has 232 valence electrons. The maximum Gasteiger partial charge on any atom is 0.459 e. The lowest BCUT2D eigenvalue weighted by molar-refractivity contribution is -0.149. The van der Waals surface area contributed by atoms with E-state index in [0.717, 1.165) is 17.7 Å². The number of hydrogen-bond donors (Lipinski definition) is 3. The standard InChI is InChI=1S/C26H36FN4O10P/c1-6-14-37-25(35)29-20-12-13-31(24(34)28-20)23-26(5,27)21(32)19(40-23)15-38-42(36,41-18-10-8-7-9-11-18)30-17(4)22(33)39-16(2)3/h7-13,16-17,19,21,23,32H,6,14-15H2,1-5H3,(H,30,36)(H,28,29,34,35)/t17-,19+,21+,23+,26+,42-/m0/s1. The average Bonchev–Trinajstić information content (AvgIpc) is 3.14. The quantitative estimate of drug-likeness (QED) is 0.222. The zero-order valence-electron chi connectivity index (χ0n) is 23.9. The van der Waals surface area contributed by atoms with Crippen molar-refractivity contribution in [2.24, 2.45) is 0 Å². The van der Waals surface area contributed by atoms with E-state index in [1.54, 1.807) is 32.0 Å². The molecule has 2 aromatic rings. The lowest BCUT2D eigenvalue weighted by atomic mass is 9.98. The number of ether oxygens (including phenoxy) is 3. The zero-order chi connectivity index (χ0) is 31.1. The minimum atomic E-state index is -4.34. The highest BCUT2D eigenvalue weighted by Gasteiger charge is 2.56. The largest absolute Gasteiger partial charge is 0.462 e. The van der Waals surface area contributed by atoms with E-state index >= 15 is 4.39 Å². The number of para-hydroxylation sites is 1. The Labute approximate surface area is 242 Å². The number of alkyl halides is 1. The van der Waals surface area contributed by atoms with Crippen molar-refractivity contribution >= 4 is 25.6 Å². The number of aliphatic hydroxyl groups excluding tert-OH is 1. The number of nitrogens with zero attached hydrogens (tertiary/aromatic N) is 2. The molecule has 0 unspecified atom stereocenters. The first-order chi connectivity index (χ1) is 19.8. The summed E-state index contributed by atoms with van der Waals surface area (Å²) < 4.78 is 57.0. The summed E-state index contributed by atoms with van der Waals surface area (Å²) in [5, 5.41) is 15.5. The van der Waals surface area contributed by atoms with Gasteiger partial charge in [0, 0.05) is 6.20 Å². The summed E-state index contributed by atoms with van der Waals surface area (Å²) in [4.78, 5) is 40.5. The van der Waals surface area contributed by atoms with Gasteiger partial charge < -0.3 is 23.8 Å². The van der Waals surface area contributed by atoms with Gasteiger partial charge >= 0.3 is 25.5 Å². The van der Waals surface area contributed by atoms with Crippen LogP contribution in [0.3, 0.4) is 0 Å². The molecule has 1 aromatic heterocycles. The molecule has 3 rings (SSSR count). The lowest BCUT2D eigenvalue weighted by Gasteiger charge is -2.25. The van der Waals surface area contributed by atoms with Crippen LogP contribution in [0.1, 0.15) is 47.3 Å². The predicted molar refractivity (Wildman–Crippen MR) is 148 cm³/mol. The van der Waals surface area contributed by atoms with E-state index < -0.39 is 68.4 Å². The summed E-state index contributed by atoms with van der Waals surface area (Å²) in [5.41, 5.74) is -3.51. The topological polar surface area (TPSA) is 177 Å². The third-order valence-corrected chi connectivity index (χ3v) is 7.55. The molecule has 1 amide bonds. The maximum absolute atomic E-state index is 15.8. The third kappa shape index (κ3) is 8.58. The number of amides is 1. The monoisotopic (exact) mass is 614 g/mol. The van der Waals surface area contributed by atoms with E-state index in [4.69, 9.17) is 23.3 Å². The second kappa shape index (κ2) is 14.2. The highest BCUT2D eigenvalue weighted by molar-refractivity contribution is 7.52. The predicted octanol–water partition coefficient (Wildman–Crippen LogP) is 3.32. The number of hydrogen-bond acceptors (Lipinski definition) is 11. The van der Waals surface area contributed by atoms with Gasteiger partial charge in [-0.2, -0.15) is 10.1 Å². The molecular formula is C26H36FN4O10P. The summed E-state index contributed by atoms with van der Waals surface area (Å²) >= 11 is 0. The van der Waals surface area contributed by atoms with Crippen molar-refractivity contribution in [1.29, 1.82) is 0 Å². The summed E-state index contributed by atoms with van der Waals surface area (Å²) in [6.45, 7) is 7.03. The number of halogens is 1. The fraction of sp³-hybridized carbons (Fsp3) is 0.538. The number of carbonyl (C=O) groups excluding carboxylic acids is 2. The van der Waals surface area contributed by atoms with Gasteiger partial charge in [-0.05, 0) is 52.3 Å². The highest BCUT2D eigenvalue weighted by Crippen LogP contribution is 2.47. The van der Waals surface area contributed by atoms with Gasteiger partial charge in [-0.15, -0.1) is 0 Å². The van der Waals surface area contributed by atoms with Gasteiger partial charge in [0.1, 0.15) is 29.8 Å². The zero-order valence-corrected chi connectivity index (χ0v) is 24.8. The van der Waals surface area contributed by atoms with Crippen LogP contribution in [0.5, 0.6) is 5.75 Å². The number of benzene rings is 1. The summed E-state index contributed by atoms with van der Waals surface area (Å²) in [6.07, 6.45) is -4.45. The van der Waals surface area contributed by atoms with Crippen LogP contribution in [-0.4, -0.2) is 70.0 Å². The molecule has 1 aliphatic rings. The van der Waals surface area contributed by atoms with E-state index in [1.807, 2.05) is 6.92 Å². The Bertz CT molecular complexity index is 1330. The number of aliphatic hydroxyl groups is 1. The van der Waals surface area contributed by atoms with Crippen molar-refractivity contribution in [3.05, 3.63) is 53.1 Å². The molecule has 1 saturated heterocycles. The van der Waals surface area contributed by atoms with Gasteiger partial charge in [0.15, 0.2) is 11.9 Å². The molecule has 0 aliphatic carbocycles. The molecule has 0 saturated carbocycles. The Balaban J connectivity index is 1.76. The first-order valence-electron chi connectivity index (χ1n) is 13.3. The van der Waals surface area contributed by atoms with Crippen LogP contribution in [0.2, 0.25) is 0 Å². The van der Waals surface area contributed by atoms with Crippen molar-refractivity contribution < 1.29 is 46.9 Å². The molecule has 0 spiro atoms. The van der Waals surface area contributed by atoms with Crippen LogP contribution in [0.4, 0.5) is 15.0 Å². The normalized spacial score (nSPS) is 24.0. The fourth-order valence-electron chi connectivity index (χ4n) is 3.85. The van der Waals surface area contributed by atoms with Gasteiger partial charge in [0.25, 0.3) is 0 Å². The summed E-state index contributed by atoms with van der Waals surface area (Å²) in [7, 11) is -4.34. The molecule has 16 heteroatoms. The summed E-state index contributed by atoms with van der Waals surface area (Å²) in [6, 6.07) is 8.06. The number of carbonyl (C=O) groups is 2. The van der Waals surface area contributed by atoms with E-state index in [-0.39, 0.29) is 18.2 Å². The van der Waals surface area contributed by atoms with Crippen LogP contribution < -0.4 is 20.6 Å². The van der Waals surface area contributed by atoms with E-state index in [1.165, 1.54) is 25.1 Å². The van der Waals surface area contributed by atoms with Gasteiger partial charge in [-0.1, -0.05) is 25.1 Å². The molecule has 6 atom stereocenters. The molecule has 0 radical (unpaired) electrons. The number of nitrogens with one attached hydrogen (secondary N) is 2. The lowest BCUT2D eigenvalue weighted by Crippen LogP contribution is -2.43. The van der Waals surface area contributed by atoms with Crippen molar-refractivity contribution in [2.45, 2.75) is 77.3 Å². The molecule has 1 fully saturated rings. The number of esters is 1. The van der Waals surface area contributed by atoms with Gasteiger partial charge in [0.2, 0.25) is 0 Å². The molecule has 3 N–H and O–H groups in total. The summed E-state index contributed by atoms with van der Waals surface area (Å²) in [5.74, 6) is -0.710. The number of aromatic nitrogens is 2. The molecule has 42 heavy (non-hydrogen) atoms. The van der Waals surface area contributed by atoms with Gasteiger partial charge in [-0.25, -0.2) is 18.5 Å². The van der Waals surface area contributed by atoms with Crippen molar-refractivity contribution in [3.63, 3.8) is 0 Å². The maximum atomic E-state index is 15.8. The smallest absolute Gasteiger partial charge is 0.459 e.